The van der Waals surface area contributed by atoms with E-state index in [9.17, 15) is 9.59 Å². The molecule has 1 aliphatic heterocycles. The third-order valence-electron chi connectivity index (χ3n) is 3.48. The number of halogens is 2. The number of fused-ring (bicyclic) bond motifs is 1. The molecule has 0 saturated carbocycles. The monoisotopic (exact) mass is 363 g/mol. The molecule has 3 nitrogen and oxygen atoms in total. The summed E-state index contributed by atoms with van der Waals surface area (Å²) in [6.45, 7) is 0.193. The van der Waals surface area contributed by atoms with Gasteiger partial charge in [0, 0.05) is 15.1 Å². The molecule has 0 radical (unpaired) electrons. The van der Waals surface area contributed by atoms with Crippen LogP contribution in [0, 0.1) is 0 Å². The zero-order valence-electron chi connectivity index (χ0n) is 11.0. The maximum Gasteiger partial charge on any atom is 0.261 e. The number of imide groups is 1. The lowest BCUT2D eigenvalue weighted by Crippen LogP contribution is -2.41. The minimum atomic E-state index is -0.263. The Hall–Kier alpha value is -1.65. The van der Waals surface area contributed by atoms with Crippen molar-refractivity contribution in [2.45, 2.75) is 13.0 Å². The number of hydrogen-bond acceptors (Lipinski definition) is 2. The fourth-order valence-corrected chi connectivity index (χ4v) is 3.11. The van der Waals surface area contributed by atoms with Gasteiger partial charge in [0.05, 0.1) is 13.0 Å². The lowest BCUT2D eigenvalue weighted by atomic mass is 9.98. The predicted octanol–water partition coefficient (Wildman–Crippen LogP) is 3.83. The summed E-state index contributed by atoms with van der Waals surface area (Å²) in [7, 11) is 0. The summed E-state index contributed by atoms with van der Waals surface area (Å²) in [5.74, 6) is -0.460. The van der Waals surface area contributed by atoms with Gasteiger partial charge < -0.3 is 0 Å². The van der Waals surface area contributed by atoms with E-state index in [2.05, 4.69) is 15.9 Å². The number of nitrogens with zero attached hydrogens (tertiary/aromatic N) is 1. The highest BCUT2D eigenvalue weighted by Gasteiger charge is 2.30. The summed E-state index contributed by atoms with van der Waals surface area (Å²) < 4.78 is 0.859. The molecule has 106 valence electrons. The largest absolute Gasteiger partial charge is 0.274 e. The highest BCUT2D eigenvalue weighted by atomic mass is 79.9. The van der Waals surface area contributed by atoms with E-state index < -0.39 is 0 Å². The van der Waals surface area contributed by atoms with Crippen molar-refractivity contribution in [2.24, 2.45) is 0 Å². The van der Waals surface area contributed by atoms with Crippen LogP contribution in [0.15, 0.2) is 46.9 Å². The van der Waals surface area contributed by atoms with Gasteiger partial charge >= 0.3 is 0 Å². The van der Waals surface area contributed by atoms with Gasteiger partial charge in [0.15, 0.2) is 0 Å². The molecule has 0 fully saturated rings. The number of carbonyl (C=O) groups is 2. The van der Waals surface area contributed by atoms with Crippen molar-refractivity contribution >= 4 is 39.3 Å². The summed E-state index contributed by atoms with van der Waals surface area (Å²) in [4.78, 5) is 25.9. The Morgan fingerprint density at radius 2 is 1.90 bits per heavy atom. The third-order valence-corrected chi connectivity index (χ3v) is 4.32. The Labute approximate surface area is 135 Å². The Bertz CT molecular complexity index is 745. The summed E-state index contributed by atoms with van der Waals surface area (Å²) in [5, 5.41) is 0.531. The van der Waals surface area contributed by atoms with Crippen LogP contribution < -0.4 is 0 Å². The molecule has 21 heavy (non-hydrogen) atoms. The van der Waals surface area contributed by atoms with E-state index in [1.54, 1.807) is 18.2 Å². The first-order valence-electron chi connectivity index (χ1n) is 6.43. The minimum absolute atomic E-state index is 0.193. The molecule has 0 aromatic heterocycles. The molecule has 1 heterocycles. The van der Waals surface area contributed by atoms with E-state index in [1.807, 2.05) is 24.3 Å². The summed E-state index contributed by atoms with van der Waals surface area (Å²) >= 11 is 9.50. The van der Waals surface area contributed by atoms with E-state index in [-0.39, 0.29) is 24.8 Å². The van der Waals surface area contributed by atoms with Crippen LogP contribution in [0.4, 0.5) is 0 Å². The minimum Gasteiger partial charge on any atom is -0.274 e. The molecule has 3 rings (SSSR count). The first-order chi connectivity index (χ1) is 10.1. The van der Waals surface area contributed by atoms with Crippen molar-refractivity contribution in [3.8, 4) is 0 Å². The first kappa shape index (κ1) is 14.3. The van der Waals surface area contributed by atoms with Crippen molar-refractivity contribution in [3.63, 3.8) is 0 Å². The van der Waals surface area contributed by atoms with Crippen LogP contribution in [0.25, 0.3) is 0 Å². The van der Waals surface area contributed by atoms with Gasteiger partial charge in [-0.15, -0.1) is 0 Å². The molecule has 0 saturated heterocycles. The van der Waals surface area contributed by atoms with Gasteiger partial charge in [-0.25, -0.2) is 0 Å². The smallest absolute Gasteiger partial charge is 0.261 e. The molecule has 2 aromatic carbocycles. The third kappa shape index (κ3) is 2.74. The van der Waals surface area contributed by atoms with Gasteiger partial charge in [-0.2, -0.15) is 0 Å². The van der Waals surface area contributed by atoms with Crippen molar-refractivity contribution in [1.82, 2.24) is 4.90 Å². The normalized spacial score (nSPS) is 14.3. The number of hydrogen-bond donors (Lipinski definition) is 0. The van der Waals surface area contributed by atoms with E-state index in [0.717, 1.165) is 15.6 Å². The van der Waals surface area contributed by atoms with Crippen LogP contribution in [-0.2, 0) is 17.8 Å². The number of rotatable bonds is 2. The van der Waals surface area contributed by atoms with E-state index in [4.69, 9.17) is 11.6 Å². The average Bonchev–Trinajstić information content (AvgIpc) is 2.45. The lowest BCUT2D eigenvalue weighted by Gasteiger charge is -2.27. The van der Waals surface area contributed by atoms with Crippen LogP contribution in [0.3, 0.4) is 0 Å². The fourth-order valence-electron chi connectivity index (χ4n) is 2.38. The van der Waals surface area contributed by atoms with Gasteiger partial charge in [-0.3, -0.25) is 14.5 Å². The summed E-state index contributed by atoms with van der Waals surface area (Å²) in [5.41, 5.74) is 2.12. The molecular formula is C16H11BrClNO2. The van der Waals surface area contributed by atoms with Crippen molar-refractivity contribution in [1.29, 1.82) is 0 Å². The molecule has 0 aliphatic carbocycles. The quantitative estimate of drug-likeness (QED) is 0.760. The zero-order valence-corrected chi connectivity index (χ0v) is 13.3. The highest BCUT2D eigenvalue weighted by molar-refractivity contribution is 9.10. The SMILES string of the molecule is O=C1Cc2ccccc2C(=O)N1Cc1ccc(Br)cc1Cl. The van der Waals surface area contributed by atoms with Gasteiger partial charge in [-0.05, 0) is 29.3 Å². The van der Waals surface area contributed by atoms with Gasteiger partial charge in [0.2, 0.25) is 5.91 Å². The number of amides is 2. The second-order valence-electron chi connectivity index (χ2n) is 4.85. The van der Waals surface area contributed by atoms with Crippen LogP contribution in [0.2, 0.25) is 5.02 Å². The second-order valence-corrected chi connectivity index (χ2v) is 6.18. The Balaban J connectivity index is 1.93. The van der Waals surface area contributed by atoms with E-state index >= 15 is 0 Å². The van der Waals surface area contributed by atoms with Gasteiger partial charge in [0.25, 0.3) is 5.91 Å². The molecular weight excluding hydrogens is 354 g/mol. The molecule has 5 heteroatoms. The maximum atomic E-state index is 12.5. The molecule has 2 amide bonds. The molecule has 1 aliphatic rings. The van der Waals surface area contributed by atoms with Gasteiger partial charge in [-0.1, -0.05) is 51.8 Å². The van der Waals surface area contributed by atoms with Crippen molar-refractivity contribution < 1.29 is 9.59 Å². The first-order valence-corrected chi connectivity index (χ1v) is 7.60. The molecule has 0 N–H and O–H groups in total. The van der Waals surface area contributed by atoms with E-state index in [0.29, 0.717) is 10.6 Å². The standard InChI is InChI=1S/C16H11BrClNO2/c17-12-6-5-11(14(18)8-12)9-19-15(20)7-10-3-1-2-4-13(10)16(19)21/h1-6,8H,7,9H2. The predicted molar refractivity (Wildman–Crippen MR) is 84.2 cm³/mol. The van der Waals surface area contributed by atoms with Crippen molar-refractivity contribution in [3.05, 3.63) is 68.7 Å². The fraction of sp³-hybridized carbons (Fsp3) is 0.125. The molecule has 0 bridgehead atoms. The lowest BCUT2D eigenvalue weighted by molar-refractivity contribution is -0.128. The zero-order chi connectivity index (χ0) is 15.0. The second kappa shape index (κ2) is 5.62. The summed E-state index contributed by atoms with van der Waals surface area (Å²) in [6, 6.07) is 12.6. The maximum absolute atomic E-state index is 12.5. The molecule has 2 aromatic rings. The Kier molecular flexibility index (Phi) is 3.83. The number of carbonyl (C=O) groups excluding carboxylic acids is 2. The number of benzene rings is 2. The average molecular weight is 365 g/mol. The molecule has 0 unspecified atom stereocenters. The van der Waals surface area contributed by atoms with E-state index in [1.165, 1.54) is 4.90 Å². The van der Waals surface area contributed by atoms with Crippen LogP contribution >= 0.6 is 27.5 Å². The molecule has 0 spiro atoms. The Morgan fingerprint density at radius 3 is 2.67 bits per heavy atom. The highest BCUT2D eigenvalue weighted by Crippen LogP contribution is 2.26. The van der Waals surface area contributed by atoms with Crippen LogP contribution in [-0.4, -0.2) is 16.7 Å². The Morgan fingerprint density at radius 1 is 1.14 bits per heavy atom. The summed E-state index contributed by atoms with van der Waals surface area (Å²) in [6.07, 6.45) is 0.246. The topological polar surface area (TPSA) is 37.4 Å². The van der Waals surface area contributed by atoms with Gasteiger partial charge in [0.1, 0.15) is 0 Å². The molecule has 0 atom stereocenters. The van der Waals surface area contributed by atoms with Crippen LogP contribution in [0.5, 0.6) is 0 Å². The van der Waals surface area contributed by atoms with Crippen molar-refractivity contribution in [2.75, 3.05) is 0 Å². The van der Waals surface area contributed by atoms with Crippen LogP contribution in [0.1, 0.15) is 21.5 Å².